The second-order valence-corrected chi connectivity index (χ2v) is 5.90. The molecular weight excluding hydrogens is 365 g/mol. The molecule has 0 bridgehead atoms. The van der Waals surface area contributed by atoms with E-state index in [-0.39, 0.29) is 24.0 Å². The van der Waals surface area contributed by atoms with Gasteiger partial charge in [-0.3, -0.25) is 4.99 Å². The van der Waals surface area contributed by atoms with E-state index in [4.69, 9.17) is 5.73 Å². The number of nitrogens with zero attached hydrogens (tertiary/aromatic N) is 3. The molecule has 1 rings (SSSR count). The average molecular weight is 397 g/mol. The lowest BCUT2D eigenvalue weighted by atomic mass is 10.2. The summed E-state index contributed by atoms with van der Waals surface area (Å²) >= 11 is 0. The third-order valence-electron chi connectivity index (χ3n) is 3.43. The van der Waals surface area contributed by atoms with E-state index in [9.17, 15) is 0 Å². The molecule has 0 aliphatic carbocycles. The zero-order valence-corrected chi connectivity index (χ0v) is 15.6. The molecule has 1 aliphatic rings. The first-order valence-corrected chi connectivity index (χ1v) is 7.52. The number of hydrogen-bond donors (Lipinski definition) is 2. The molecule has 0 unspecified atom stereocenters. The van der Waals surface area contributed by atoms with Crippen molar-refractivity contribution in [3.63, 3.8) is 0 Å². The predicted molar refractivity (Wildman–Crippen MR) is 97.9 cm³/mol. The summed E-state index contributed by atoms with van der Waals surface area (Å²) in [6.45, 7) is 12.1. The lowest BCUT2D eigenvalue weighted by molar-refractivity contribution is 0.152. The van der Waals surface area contributed by atoms with Crippen molar-refractivity contribution in [3.05, 3.63) is 0 Å². The standard InChI is InChI=1S/C14H31N5.HI/c1-13(2)12-17-14(15)16-6-4-5-7-19-10-8-18(3)9-11-19;/h13H,4-12H2,1-3H3,(H3,15,16,17);1H. The van der Waals surface area contributed by atoms with E-state index in [0.717, 1.165) is 19.5 Å². The van der Waals surface area contributed by atoms with Crippen molar-refractivity contribution >= 4 is 29.9 Å². The van der Waals surface area contributed by atoms with Gasteiger partial charge in [-0.2, -0.15) is 0 Å². The van der Waals surface area contributed by atoms with Crippen LogP contribution >= 0.6 is 24.0 Å². The highest BCUT2D eigenvalue weighted by Crippen LogP contribution is 2.01. The zero-order chi connectivity index (χ0) is 14.1. The average Bonchev–Trinajstić information content (AvgIpc) is 2.38. The van der Waals surface area contributed by atoms with Crippen LogP contribution < -0.4 is 11.1 Å². The van der Waals surface area contributed by atoms with Gasteiger partial charge in [-0.15, -0.1) is 24.0 Å². The van der Waals surface area contributed by atoms with Crippen LogP contribution in [0.5, 0.6) is 0 Å². The number of guanidine groups is 1. The molecule has 0 aromatic carbocycles. The largest absolute Gasteiger partial charge is 0.370 e. The van der Waals surface area contributed by atoms with Gasteiger partial charge in [0, 0.05) is 39.3 Å². The van der Waals surface area contributed by atoms with Gasteiger partial charge in [-0.1, -0.05) is 13.8 Å². The summed E-state index contributed by atoms with van der Waals surface area (Å²) in [5.41, 5.74) is 5.79. The number of likely N-dealkylation sites (N-methyl/N-ethyl adjacent to an activating group) is 1. The number of aliphatic imine (C=N–C) groups is 1. The van der Waals surface area contributed by atoms with Gasteiger partial charge >= 0.3 is 0 Å². The fourth-order valence-electron chi connectivity index (χ4n) is 2.09. The number of nitrogens with one attached hydrogen (secondary N) is 1. The molecule has 0 radical (unpaired) electrons. The van der Waals surface area contributed by atoms with Crippen LogP contribution in [0.4, 0.5) is 0 Å². The van der Waals surface area contributed by atoms with Gasteiger partial charge in [0.15, 0.2) is 5.96 Å². The third kappa shape index (κ3) is 9.77. The minimum atomic E-state index is 0. The van der Waals surface area contributed by atoms with Gasteiger partial charge in [-0.05, 0) is 32.4 Å². The Labute approximate surface area is 141 Å². The summed E-state index contributed by atoms with van der Waals surface area (Å²) in [6, 6.07) is 0. The predicted octanol–water partition coefficient (Wildman–Crippen LogP) is 1.19. The number of piperazine rings is 1. The van der Waals surface area contributed by atoms with E-state index in [0.29, 0.717) is 11.9 Å². The van der Waals surface area contributed by atoms with Crippen LogP contribution in [0.25, 0.3) is 0 Å². The molecule has 0 aromatic heterocycles. The first kappa shape index (κ1) is 19.9. The molecule has 1 aliphatic heterocycles. The van der Waals surface area contributed by atoms with Gasteiger partial charge in [0.25, 0.3) is 0 Å². The summed E-state index contributed by atoms with van der Waals surface area (Å²) in [5, 5.41) is 3.18. The number of halogens is 1. The Morgan fingerprint density at radius 2 is 1.85 bits per heavy atom. The van der Waals surface area contributed by atoms with Crippen molar-refractivity contribution in [3.8, 4) is 0 Å². The Morgan fingerprint density at radius 1 is 1.20 bits per heavy atom. The second kappa shape index (κ2) is 11.6. The smallest absolute Gasteiger partial charge is 0.188 e. The highest BCUT2D eigenvalue weighted by Gasteiger charge is 2.12. The first-order valence-electron chi connectivity index (χ1n) is 7.52. The second-order valence-electron chi connectivity index (χ2n) is 5.90. The topological polar surface area (TPSA) is 56.9 Å². The SMILES string of the molecule is CC(C)CN=C(N)NCCCCN1CCN(C)CC1.I. The van der Waals surface area contributed by atoms with E-state index >= 15 is 0 Å². The Hall–Kier alpha value is -0.0800. The molecule has 120 valence electrons. The Bertz CT molecular complexity index is 262. The summed E-state index contributed by atoms with van der Waals surface area (Å²) < 4.78 is 0. The Morgan fingerprint density at radius 3 is 2.45 bits per heavy atom. The molecule has 5 nitrogen and oxygen atoms in total. The van der Waals surface area contributed by atoms with E-state index in [1.165, 1.54) is 39.1 Å². The maximum atomic E-state index is 5.79. The molecule has 0 amide bonds. The Balaban J connectivity index is 0.00000361. The molecule has 6 heteroatoms. The molecular formula is C14H32IN5. The van der Waals surface area contributed by atoms with Gasteiger partial charge in [0.05, 0.1) is 0 Å². The number of rotatable bonds is 7. The molecule has 0 atom stereocenters. The first-order chi connectivity index (χ1) is 9.08. The Kier molecular flexibility index (Phi) is 11.5. The zero-order valence-electron chi connectivity index (χ0n) is 13.3. The molecule has 20 heavy (non-hydrogen) atoms. The van der Waals surface area contributed by atoms with Crippen LogP contribution in [0.2, 0.25) is 0 Å². The summed E-state index contributed by atoms with van der Waals surface area (Å²) in [7, 11) is 2.19. The molecule has 1 fully saturated rings. The fraction of sp³-hybridized carbons (Fsp3) is 0.929. The normalized spacial score (nSPS) is 18.1. The van der Waals surface area contributed by atoms with Crippen LogP contribution in [0, 0.1) is 5.92 Å². The molecule has 0 spiro atoms. The summed E-state index contributed by atoms with van der Waals surface area (Å²) in [5.74, 6) is 1.16. The molecule has 0 aromatic rings. The van der Waals surface area contributed by atoms with E-state index in [1.54, 1.807) is 0 Å². The fourth-order valence-corrected chi connectivity index (χ4v) is 2.09. The number of nitrogens with two attached hydrogens (primary N) is 1. The van der Waals surface area contributed by atoms with Gasteiger partial charge < -0.3 is 20.9 Å². The van der Waals surface area contributed by atoms with Crippen LogP contribution in [0.1, 0.15) is 26.7 Å². The number of unbranched alkanes of at least 4 members (excludes halogenated alkanes) is 1. The summed E-state index contributed by atoms with van der Waals surface area (Å²) in [4.78, 5) is 9.23. The molecule has 1 heterocycles. The lowest BCUT2D eigenvalue weighted by Crippen LogP contribution is -2.44. The molecule has 3 N–H and O–H groups in total. The van der Waals surface area contributed by atoms with Crippen LogP contribution in [-0.2, 0) is 0 Å². The van der Waals surface area contributed by atoms with Gasteiger partial charge in [0.1, 0.15) is 0 Å². The van der Waals surface area contributed by atoms with Crippen LogP contribution in [0.15, 0.2) is 4.99 Å². The van der Waals surface area contributed by atoms with E-state index in [2.05, 4.69) is 41.0 Å². The van der Waals surface area contributed by atoms with Gasteiger partial charge in [-0.25, -0.2) is 0 Å². The van der Waals surface area contributed by atoms with E-state index in [1.807, 2.05) is 0 Å². The van der Waals surface area contributed by atoms with Crippen molar-refractivity contribution in [2.24, 2.45) is 16.6 Å². The van der Waals surface area contributed by atoms with Crippen LogP contribution in [0.3, 0.4) is 0 Å². The van der Waals surface area contributed by atoms with E-state index < -0.39 is 0 Å². The van der Waals surface area contributed by atoms with Crippen molar-refractivity contribution < 1.29 is 0 Å². The van der Waals surface area contributed by atoms with Crippen LogP contribution in [-0.4, -0.2) is 68.6 Å². The minimum absolute atomic E-state index is 0. The van der Waals surface area contributed by atoms with Gasteiger partial charge in [0.2, 0.25) is 0 Å². The van der Waals surface area contributed by atoms with Crippen molar-refractivity contribution in [1.29, 1.82) is 0 Å². The van der Waals surface area contributed by atoms with Crippen molar-refractivity contribution in [1.82, 2.24) is 15.1 Å². The maximum absolute atomic E-state index is 5.79. The highest BCUT2D eigenvalue weighted by atomic mass is 127. The van der Waals surface area contributed by atoms with Crippen molar-refractivity contribution in [2.45, 2.75) is 26.7 Å². The third-order valence-corrected chi connectivity index (χ3v) is 3.43. The van der Waals surface area contributed by atoms with Crippen molar-refractivity contribution in [2.75, 3.05) is 52.9 Å². The maximum Gasteiger partial charge on any atom is 0.188 e. The molecule has 0 saturated carbocycles. The highest BCUT2D eigenvalue weighted by molar-refractivity contribution is 14.0. The molecule has 1 saturated heterocycles. The summed E-state index contributed by atoms with van der Waals surface area (Å²) in [6.07, 6.45) is 2.39. The quantitative estimate of drug-likeness (QED) is 0.293. The monoisotopic (exact) mass is 397 g/mol. The lowest BCUT2D eigenvalue weighted by Gasteiger charge is -2.32. The number of hydrogen-bond acceptors (Lipinski definition) is 3. The minimum Gasteiger partial charge on any atom is -0.370 e.